The topological polar surface area (TPSA) is 57.7 Å². The van der Waals surface area contributed by atoms with Gasteiger partial charge in [-0.3, -0.25) is 4.79 Å². The molecule has 1 aromatic rings. The Morgan fingerprint density at radius 3 is 2.21 bits per heavy atom. The number of pyridine rings is 1. The first-order valence-corrected chi connectivity index (χ1v) is 6.21. The van der Waals surface area contributed by atoms with Crippen molar-refractivity contribution < 1.29 is 18.8 Å². The Morgan fingerprint density at radius 1 is 1.21 bits per heavy atom. The minimum absolute atomic E-state index is 0.271. The van der Waals surface area contributed by atoms with Gasteiger partial charge >= 0.3 is 13.1 Å². The SMILES string of the molecule is CC(=O)Oc1ccc(B2OC(C)(C)C(C)(C)O2)cn1. The first-order valence-electron chi connectivity index (χ1n) is 6.21. The molecular weight excluding hydrogens is 245 g/mol. The molecule has 1 aromatic heterocycles. The van der Waals surface area contributed by atoms with E-state index in [4.69, 9.17) is 14.0 Å². The Morgan fingerprint density at radius 2 is 1.79 bits per heavy atom. The van der Waals surface area contributed by atoms with Crippen LogP contribution in [0.25, 0.3) is 0 Å². The van der Waals surface area contributed by atoms with Crippen molar-refractivity contribution in [1.82, 2.24) is 4.98 Å². The van der Waals surface area contributed by atoms with E-state index in [2.05, 4.69) is 4.98 Å². The summed E-state index contributed by atoms with van der Waals surface area (Å²) in [5, 5.41) is 0. The van der Waals surface area contributed by atoms with Gasteiger partial charge in [0, 0.05) is 24.6 Å². The van der Waals surface area contributed by atoms with Crippen molar-refractivity contribution in [3.8, 4) is 5.88 Å². The van der Waals surface area contributed by atoms with Crippen LogP contribution in [0.15, 0.2) is 18.3 Å². The number of aromatic nitrogens is 1. The van der Waals surface area contributed by atoms with E-state index in [1.807, 2.05) is 27.7 Å². The molecule has 6 heteroatoms. The number of nitrogens with zero attached hydrogens (tertiary/aromatic N) is 1. The lowest BCUT2D eigenvalue weighted by Gasteiger charge is -2.32. The van der Waals surface area contributed by atoms with Crippen LogP contribution in [0, 0.1) is 0 Å². The second-order valence-corrected chi connectivity index (χ2v) is 5.61. The first-order chi connectivity index (χ1) is 8.71. The highest BCUT2D eigenvalue weighted by Gasteiger charge is 2.51. The highest BCUT2D eigenvalue weighted by Crippen LogP contribution is 2.36. The van der Waals surface area contributed by atoms with Crippen molar-refractivity contribution in [2.45, 2.75) is 45.8 Å². The van der Waals surface area contributed by atoms with Crippen LogP contribution in [-0.2, 0) is 14.1 Å². The van der Waals surface area contributed by atoms with E-state index in [1.165, 1.54) is 6.92 Å². The van der Waals surface area contributed by atoms with Gasteiger partial charge in [-0.2, -0.15) is 0 Å². The molecule has 1 saturated heterocycles. The van der Waals surface area contributed by atoms with Crippen LogP contribution in [0.5, 0.6) is 5.88 Å². The zero-order chi connectivity index (χ0) is 14.3. The molecule has 1 fully saturated rings. The van der Waals surface area contributed by atoms with Crippen LogP contribution in [-0.4, -0.2) is 29.3 Å². The van der Waals surface area contributed by atoms with E-state index in [0.717, 1.165) is 5.46 Å². The fraction of sp³-hybridized carbons (Fsp3) is 0.538. The van der Waals surface area contributed by atoms with E-state index in [-0.39, 0.29) is 17.1 Å². The molecule has 5 nitrogen and oxygen atoms in total. The zero-order valence-corrected chi connectivity index (χ0v) is 11.9. The normalized spacial score (nSPS) is 20.4. The molecule has 19 heavy (non-hydrogen) atoms. The maximum Gasteiger partial charge on any atom is 0.496 e. The summed E-state index contributed by atoms with van der Waals surface area (Å²) < 4.78 is 16.7. The molecule has 0 atom stereocenters. The number of hydrogen-bond donors (Lipinski definition) is 0. The van der Waals surface area contributed by atoms with Crippen molar-refractivity contribution in [2.75, 3.05) is 0 Å². The summed E-state index contributed by atoms with van der Waals surface area (Å²) in [6.45, 7) is 9.31. The predicted octanol–water partition coefficient (Wildman–Crippen LogP) is 1.31. The van der Waals surface area contributed by atoms with E-state index in [1.54, 1.807) is 18.3 Å². The predicted molar refractivity (Wildman–Crippen MR) is 71.3 cm³/mol. The Hall–Kier alpha value is -1.40. The molecule has 102 valence electrons. The zero-order valence-electron chi connectivity index (χ0n) is 11.9. The monoisotopic (exact) mass is 263 g/mol. The lowest BCUT2D eigenvalue weighted by Crippen LogP contribution is -2.41. The van der Waals surface area contributed by atoms with Crippen LogP contribution in [0.3, 0.4) is 0 Å². The Labute approximate surface area is 113 Å². The quantitative estimate of drug-likeness (QED) is 0.594. The highest BCUT2D eigenvalue weighted by molar-refractivity contribution is 6.62. The van der Waals surface area contributed by atoms with E-state index < -0.39 is 13.1 Å². The van der Waals surface area contributed by atoms with Crippen molar-refractivity contribution in [1.29, 1.82) is 0 Å². The molecule has 2 rings (SSSR count). The van der Waals surface area contributed by atoms with Gasteiger partial charge in [0.15, 0.2) is 0 Å². The molecule has 1 aliphatic rings. The summed E-state index contributed by atoms with van der Waals surface area (Å²) in [6.07, 6.45) is 1.60. The third-order valence-corrected chi connectivity index (χ3v) is 3.53. The maximum atomic E-state index is 10.8. The summed E-state index contributed by atoms with van der Waals surface area (Å²) in [5.74, 6) is -0.122. The molecule has 1 aliphatic heterocycles. The first kappa shape index (κ1) is 14.0. The van der Waals surface area contributed by atoms with Gasteiger partial charge in [0.2, 0.25) is 5.88 Å². The molecule has 2 heterocycles. The van der Waals surface area contributed by atoms with Gasteiger partial charge in [-0.1, -0.05) is 6.07 Å². The van der Waals surface area contributed by atoms with E-state index in [9.17, 15) is 4.79 Å². The Balaban J connectivity index is 2.14. The van der Waals surface area contributed by atoms with Gasteiger partial charge in [0.05, 0.1) is 11.2 Å². The summed E-state index contributed by atoms with van der Waals surface area (Å²) in [5.41, 5.74) is 0.0351. The second-order valence-electron chi connectivity index (χ2n) is 5.61. The lowest BCUT2D eigenvalue weighted by molar-refractivity contribution is -0.132. The van der Waals surface area contributed by atoms with Crippen molar-refractivity contribution in [3.63, 3.8) is 0 Å². The van der Waals surface area contributed by atoms with Gasteiger partial charge in [-0.05, 0) is 27.7 Å². The summed E-state index contributed by atoms with van der Waals surface area (Å²) in [7, 11) is -0.455. The molecule has 0 unspecified atom stereocenters. The van der Waals surface area contributed by atoms with Gasteiger partial charge in [-0.15, -0.1) is 0 Å². The summed E-state index contributed by atoms with van der Waals surface area (Å²) >= 11 is 0. The second kappa shape index (κ2) is 4.61. The molecule has 0 N–H and O–H groups in total. The van der Waals surface area contributed by atoms with E-state index in [0.29, 0.717) is 0 Å². The van der Waals surface area contributed by atoms with Crippen molar-refractivity contribution in [2.24, 2.45) is 0 Å². The van der Waals surface area contributed by atoms with Gasteiger partial charge in [0.1, 0.15) is 0 Å². The number of ether oxygens (including phenoxy) is 1. The molecule has 0 spiro atoms. The third-order valence-electron chi connectivity index (χ3n) is 3.53. The average Bonchev–Trinajstić information content (AvgIpc) is 2.48. The average molecular weight is 263 g/mol. The summed E-state index contributed by atoms with van der Waals surface area (Å²) in [6, 6.07) is 3.41. The number of carbonyl (C=O) groups is 1. The largest absolute Gasteiger partial charge is 0.496 e. The molecular formula is C13H18BNO4. The van der Waals surface area contributed by atoms with Gasteiger partial charge < -0.3 is 14.0 Å². The maximum absolute atomic E-state index is 10.8. The fourth-order valence-electron chi connectivity index (χ4n) is 1.72. The smallest absolute Gasteiger partial charge is 0.408 e. The number of hydrogen-bond acceptors (Lipinski definition) is 5. The lowest BCUT2D eigenvalue weighted by atomic mass is 9.80. The van der Waals surface area contributed by atoms with Crippen LogP contribution in [0.4, 0.5) is 0 Å². The van der Waals surface area contributed by atoms with Gasteiger partial charge in [-0.25, -0.2) is 4.98 Å². The molecule has 0 aliphatic carbocycles. The van der Waals surface area contributed by atoms with Crippen LogP contribution >= 0.6 is 0 Å². The molecule has 0 aromatic carbocycles. The Bertz CT molecular complexity index is 468. The molecule has 0 radical (unpaired) electrons. The third kappa shape index (κ3) is 2.79. The minimum atomic E-state index is -0.455. The molecule has 0 amide bonds. The van der Waals surface area contributed by atoms with Gasteiger partial charge in [0.25, 0.3) is 0 Å². The van der Waals surface area contributed by atoms with E-state index >= 15 is 0 Å². The number of carbonyl (C=O) groups excluding carboxylic acids is 1. The van der Waals surface area contributed by atoms with Crippen LogP contribution in [0.2, 0.25) is 0 Å². The molecule has 0 bridgehead atoms. The van der Waals surface area contributed by atoms with Crippen molar-refractivity contribution >= 4 is 18.6 Å². The highest BCUT2D eigenvalue weighted by atomic mass is 16.7. The van der Waals surface area contributed by atoms with Crippen molar-refractivity contribution in [3.05, 3.63) is 18.3 Å². The standard InChI is InChI=1S/C13H18BNO4/c1-9(16)17-11-7-6-10(8-15-11)14-18-12(2,3)13(4,5)19-14/h6-8H,1-5H3. The fourth-order valence-corrected chi connectivity index (χ4v) is 1.72. The van der Waals surface area contributed by atoms with Crippen LogP contribution in [0.1, 0.15) is 34.6 Å². The molecule has 0 saturated carbocycles. The Kier molecular flexibility index (Phi) is 3.41. The number of esters is 1. The summed E-state index contributed by atoms with van der Waals surface area (Å²) in [4.78, 5) is 14.9. The van der Waals surface area contributed by atoms with Crippen LogP contribution < -0.4 is 10.2 Å². The minimum Gasteiger partial charge on any atom is -0.408 e. The number of rotatable bonds is 2.